The number of methoxy groups -OCH3 is 2. The third-order valence-electron chi connectivity index (χ3n) is 4.99. The van der Waals surface area contributed by atoms with E-state index < -0.39 is 0 Å². The Hall–Kier alpha value is -2.96. The predicted octanol–water partition coefficient (Wildman–Crippen LogP) is 3.41. The monoisotopic (exact) mass is 398 g/mol. The van der Waals surface area contributed by atoms with Gasteiger partial charge in [0.1, 0.15) is 6.10 Å². The molecule has 7 nitrogen and oxygen atoms in total. The van der Waals surface area contributed by atoms with E-state index in [4.69, 9.17) is 19.9 Å². The van der Waals surface area contributed by atoms with Crippen LogP contribution in [-0.2, 0) is 13.1 Å². The van der Waals surface area contributed by atoms with Crippen LogP contribution in [0.5, 0.6) is 17.4 Å². The number of nitrogens with two attached hydrogens (primary N) is 1. The van der Waals surface area contributed by atoms with Crippen molar-refractivity contribution in [2.75, 3.05) is 14.2 Å². The summed E-state index contributed by atoms with van der Waals surface area (Å²) >= 11 is 0. The van der Waals surface area contributed by atoms with Crippen molar-refractivity contribution < 1.29 is 14.2 Å². The second kappa shape index (κ2) is 10.5. The zero-order valence-electron chi connectivity index (χ0n) is 17.2. The van der Waals surface area contributed by atoms with Gasteiger partial charge in [0.2, 0.25) is 5.88 Å². The van der Waals surface area contributed by atoms with E-state index in [0.29, 0.717) is 36.4 Å². The Labute approximate surface area is 172 Å². The molecule has 1 heterocycles. The second-order valence-corrected chi connectivity index (χ2v) is 7.12. The average molecular weight is 399 g/mol. The minimum atomic E-state index is 0.285. The molecule has 0 bridgehead atoms. The summed E-state index contributed by atoms with van der Waals surface area (Å²) in [6, 6.07) is 9.60. The molecule has 1 saturated carbocycles. The first-order valence-corrected chi connectivity index (χ1v) is 10.0. The fourth-order valence-corrected chi connectivity index (χ4v) is 3.38. The van der Waals surface area contributed by atoms with Crippen molar-refractivity contribution in [2.45, 2.75) is 51.3 Å². The molecule has 29 heavy (non-hydrogen) atoms. The van der Waals surface area contributed by atoms with Gasteiger partial charge < -0.3 is 25.3 Å². The molecule has 0 spiro atoms. The lowest BCUT2D eigenvalue weighted by Crippen LogP contribution is -2.31. The van der Waals surface area contributed by atoms with Gasteiger partial charge in [-0.3, -0.25) is 0 Å². The third kappa shape index (κ3) is 6.27. The number of rotatable bonds is 8. The standard InChI is InChI=1S/C22H30N4O3/c1-27-19-9-8-16(12-20(19)28-2)14-25-22(23)26-15-17-10-11-24-21(13-17)29-18-6-4-3-5-7-18/h8-13,18H,3-7,14-15H2,1-2H3,(H3,23,25,26). The number of hydrogen-bond donors (Lipinski definition) is 2. The van der Waals surface area contributed by atoms with Crippen LogP contribution in [0.25, 0.3) is 0 Å². The van der Waals surface area contributed by atoms with E-state index in [2.05, 4.69) is 15.3 Å². The van der Waals surface area contributed by atoms with Crippen LogP contribution in [0.3, 0.4) is 0 Å². The van der Waals surface area contributed by atoms with E-state index >= 15 is 0 Å². The van der Waals surface area contributed by atoms with Crippen molar-refractivity contribution in [1.29, 1.82) is 0 Å². The molecular formula is C22H30N4O3. The maximum Gasteiger partial charge on any atom is 0.213 e. The van der Waals surface area contributed by atoms with E-state index in [1.807, 2.05) is 30.3 Å². The van der Waals surface area contributed by atoms with Crippen LogP contribution in [0.2, 0.25) is 0 Å². The number of aliphatic imine (C=N–C) groups is 1. The van der Waals surface area contributed by atoms with Crippen molar-refractivity contribution in [2.24, 2.45) is 10.7 Å². The summed E-state index contributed by atoms with van der Waals surface area (Å²) in [7, 11) is 3.23. The fraction of sp³-hybridized carbons (Fsp3) is 0.455. The van der Waals surface area contributed by atoms with Gasteiger partial charge in [-0.25, -0.2) is 9.98 Å². The van der Waals surface area contributed by atoms with Gasteiger partial charge in [0.15, 0.2) is 17.5 Å². The number of benzene rings is 1. The Morgan fingerprint density at radius 2 is 1.86 bits per heavy atom. The number of nitrogens with one attached hydrogen (secondary N) is 1. The van der Waals surface area contributed by atoms with Crippen LogP contribution in [0, 0.1) is 0 Å². The molecule has 0 unspecified atom stereocenters. The molecule has 0 saturated heterocycles. The number of aromatic nitrogens is 1. The molecular weight excluding hydrogens is 368 g/mol. The topological polar surface area (TPSA) is 91.0 Å². The van der Waals surface area contributed by atoms with Crippen molar-refractivity contribution in [1.82, 2.24) is 10.3 Å². The molecule has 1 aliphatic rings. The highest BCUT2D eigenvalue weighted by atomic mass is 16.5. The minimum absolute atomic E-state index is 0.285. The van der Waals surface area contributed by atoms with E-state index in [-0.39, 0.29) is 6.10 Å². The first-order valence-electron chi connectivity index (χ1n) is 10.0. The van der Waals surface area contributed by atoms with Gasteiger partial charge in [0.25, 0.3) is 0 Å². The molecule has 1 aliphatic carbocycles. The molecule has 3 N–H and O–H groups in total. The Morgan fingerprint density at radius 1 is 1.07 bits per heavy atom. The quantitative estimate of drug-likeness (QED) is 0.523. The number of ether oxygens (including phenoxy) is 3. The number of hydrogen-bond acceptors (Lipinski definition) is 5. The molecule has 0 aliphatic heterocycles. The van der Waals surface area contributed by atoms with Gasteiger partial charge >= 0.3 is 0 Å². The normalized spacial score (nSPS) is 15.0. The van der Waals surface area contributed by atoms with Crippen molar-refractivity contribution in [3.63, 3.8) is 0 Å². The van der Waals surface area contributed by atoms with Gasteiger partial charge in [0.05, 0.1) is 20.8 Å². The highest BCUT2D eigenvalue weighted by molar-refractivity contribution is 5.77. The van der Waals surface area contributed by atoms with Gasteiger partial charge in [-0.15, -0.1) is 0 Å². The zero-order valence-corrected chi connectivity index (χ0v) is 17.2. The molecule has 0 amide bonds. The van der Waals surface area contributed by atoms with Crippen LogP contribution in [0.1, 0.15) is 43.2 Å². The van der Waals surface area contributed by atoms with E-state index in [9.17, 15) is 0 Å². The average Bonchev–Trinajstić information content (AvgIpc) is 2.77. The molecule has 156 valence electrons. The fourth-order valence-electron chi connectivity index (χ4n) is 3.38. The summed E-state index contributed by atoms with van der Waals surface area (Å²) in [5, 5.41) is 3.14. The van der Waals surface area contributed by atoms with Gasteiger partial charge in [-0.2, -0.15) is 0 Å². The Bertz CT molecular complexity index is 819. The first-order chi connectivity index (χ1) is 14.2. The number of guanidine groups is 1. The van der Waals surface area contributed by atoms with Crippen molar-refractivity contribution in [3.05, 3.63) is 47.7 Å². The summed E-state index contributed by atoms with van der Waals surface area (Å²) < 4.78 is 16.6. The lowest BCUT2D eigenvalue weighted by molar-refractivity contribution is 0.148. The number of nitrogens with zero attached hydrogens (tertiary/aromatic N) is 2. The Balaban J connectivity index is 1.52. The van der Waals surface area contributed by atoms with Gasteiger partial charge in [-0.1, -0.05) is 12.5 Å². The third-order valence-corrected chi connectivity index (χ3v) is 4.99. The molecule has 1 aromatic heterocycles. The second-order valence-electron chi connectivity index (χ2n) is 7.12. The van der Waals surface area contributed by atoms with Crippen LogP contribution in [-0.4, -0.2) is 31.3 Å². The van der Waals surface area contributed by atoms with Gasteiger partial charge in [0, 0.05) is 18.8 Å². The Kier molecular flexibility index (Phi) is 7.55. The summed E-state index contributed by atoms with van der Waals surface area (Å²) in [6.45, 7) is 1.01. The molecule has 1 fully saturated rings. The van der Waals surface area contributed by atoms with Crippen LogP contribution in [0.15, 0.2) is 41.5 Å². The van der Waals surface area contributed by atoms with Crippen LogP contribution in [0.4, 0.5) is 0 Å². The SMILES string of the molecule is COc1ccc(CN=C(N)NCc2ccnc(OC3CCCCC3)c2)cc1OC. The molecule has 2 aromatic rings. The predicted molar refractivity (Wildman–Crippen MR) is 113 cm³/mol. The van der Waals surface area contributed by atoms with E-state index in [0.717, 1.165) is 24.0 Å². The number of pyridine rings is 1. The van der Waals surface area contributed by atoms with Crippen molar-refractivity contribution in [3.8, 4) is 17.4 Å². The maximum atomic E-state index is 6.03. The lowest BCUT2D eigenvalue weighted by Gasteiger charge is -2.22. The molecule has 7 heteroatoms. The smallest absolute Gasteiger partial charge is 0.213 e. The highest BCUT2D eigenvalue weighted by Crippen LogP contribution is 2.27. The van der Waals surface area contributed by atoms with Gasteiger partial charge in [-0.05, 0) is 55.0 Å². The summed E-state index contributed by atoms with van der Waals surface area (Å²) in [5.74, 6) is 2.42. The Morgan fingerprint density at radius 3 is 2.62 bits per heavy atom. The van der Waals surface area contributed by atoms with Crippen molar-refractivity contribution >= 4 is 5.96 Å². The molecule has 0 radical (unpaired) electrons. The van der Waals surface area contributed by atoms with E-state index in [1.165, 1.54) is 19.3 Å². The minimum Gasteiger partial charge on any atom is -0.493 e. The highest BCUT2D eigenvalue weighted by Gasteiger charge is 2.15. The molecule has 3 rings (SSSR count). The molecule has 1 aromatic carbocycles. The zero-order chi connectivity index (χ0) is 20.5. The molecule has 0 atom stereocenters. The lowest BCUT2D eigenvalue weighted by atomic mass is 9.98. The summed E-state index contributed by atoms with van der Waals surface area (Å²) in [5.41, 5.74) is 8.06. The maximum absolute atomic E-state index is 6.03. The van der Waals surface area contributed by atoms with Crippen LogP contribution < -0.4 is 25.3 Å². The summed E-state index contributed by atoms with van der Waals surface area (Å²) in [4.78, 5) is 8.73. The van der Waals surface area contributed by atoms with Crippen LogP contribution >= 0.6 is 0 Å². The first kappa shape index (κ1) is 20.8. The van der Waals surface area contributed by atoms with E-state index in [1.54, 1.807) is 20.4 Å². The largest absolute Gasteiger partial charge is 0.493 e. The summed E-state index contributed by atoms with van der Waals surface area (Å²) in [6.07, 6.45) is 8.05.